The van der Waals surface area contributed by atoms with Gasteiger partial charge in [-0.25, -0.2) is 4.79 Å². The highest BCUT2D eigenvalue weighted by molar-refractivity contribution is 9.10. The summed E-state index contributed by atoms with van der Waals surface area (Å²) in [6.07, 6.45) is 3.41. The molecule has 0 atom stereocenters. The van der Waals surface area contributed by atoms with Crippen molar-refractivity contribution < 1.29 is 14.3 Å². The van der Waals surface area contributed by atoms with E-state index in [1.807, 2.05) is 12.1 Å². The van der Waals surface area contributed by atoms with Crippen LogP contribution in [0, 0.1) is 0 Å². The lowest BCUT2D eigenvalue weighted by molar-refractivity contribution is -0.0174. The molecular weight excluding hydrogens is 286 g/mol. The normalized spacial score (nSPS) is 19.8. The summed E-state index contributed by atoms with van der Waals surface area (Å²) in [6, 6.07) is 3.94. The number of carbonyl (C=O) groups excluding carboxylic acids is 1. The third-order valence-electron chi connectivity index (χ3n) is 3.16. The lowest BCUT2D eigenvalue weighted by Crippen LogP contribution is -2.16. The number of fused-ring (bicyclic) bond motifs is 1. The van der Waals surface area contributed by atoms with Gasteiger partial charge in [0.2, 0.25) is 6.08 Å². The van der Waals surface area contributed by atoms with Crippen LogP contribution in [0.25, 0.3) is 0 Å². The SMILES string of the molecule is O=C=NC1(c2cc(Br)cc3c2OCOC3)CC1. The van der Waals surface area contributed by atoms with Gasteiger partial charge < -0.3 is 9.47 Å². The molecule has 0 spiro atoms. The minimum Gasteiger partial charge on any atom is -0.467 e. The lowest BCUT2D eigenvalue weighted by Gasteiger charge is -2.23. The van der Waals surface area contributed by atoms with Gasteiger partial charge in [0.15, 0.2) is 6.79 Å². The van der Waals surface area contributed by atoms with Gasteiger partial charge in [-0.05, 0) is 25.0 Å². The number of halogens is 1. The maximum atomic E-state index is 10.5. The topological polar surface area (TPSA) is 47.9 Å². The Morgan fingerprint density at radius 1 is 1.41 bits per heavy atom. The first kappa shape index (κ1) is 11.0. The molecule has 1 fully saturated rings. The highest BCUT2D eigenvalue weighted by Gasteiger charge is 2.47. The van der Waals surface area contributed by atoms with Gasteiger partial charge in [-0.1, -0.05) is 15.9 Å². The summed E-state index contributed by atoms with van der Waals surface area (Å²) in [6.45, 7) is 0.783. The molecular formula is C12H10BrNO3. The summed E-state index contributed by atoms with van der Waals surface area (Å²) in [5, 5.41) is 0. The van der Waals surface area contributed by atoms with Crippen molar-refractivity contribution in [2.24, 2.45) is 4.99 Å². The van der Waals surface area contributed by atoms with Crippen LogP contribution in [0.3, 0.4) is 0 Å². The smallest absolute Gasteiger partial charge is 0.235 e. The Labute approximate surface area is 107 Å². The second kappa shape index (κ2) is 3.95. The zero-order valence-corrected chi connectivity index (χ0v) is 10.6. The number of nitrogens with zero attached hydrogens (tertiary/aromatic N) is 1. The van der Waals surface area contributed by atoms with Gasteiger partial charge >= 0.3 is 0 Å². The Morgan fingerprint density at radius 2 is 2.24 bits per heavy atom. The van der Waals surface area contributed by atoms with Gasteiger partial charge in [0.1, 0.15) is 11.3 Å². The van der Waals surface area contributed by atoms with E-state index in [9.17, 15) is 4.79 Å². The van der Waals surface area contributed by atoms with Crippen LogP contribution in [0.5, 0.6) is 5.75 Å². The third-order valence-corrected chi connectivity index (χ3v) is 3.62. The maximum absolute atomic E-state index is 10.5. The van der Waals surface area contributed by atoms with Crippen molar-refractivity contribution in [1.29, 1.82) is 0 Å². The monoisotopic (exact) mass is 295 g/mol. The van der Waals surface area contributed by atoms with E-state index in [0.717, 1.165) is 34.2 Å². The fraction of sp³-hybridized carbons (Fsp3) is 0.417. The summed E-state index contributed by atoms with van der Waals surface area (Å²) in [4.78, 5) is 14.5. The summed E-state index contributed by atoms with van der Waals surface area (Å²) in [7, 11) is 0. The first-order valence-corrected chi connectivity index (χ1v) is 6.17. The Balaban J connectivity index is 2.16. The minimum absolute atomic E-state index is 0.252. The molecule has 5 heteroatoms. The zero-order chi connectivity index (χ0) is 11.9. The largest absolute Gasteiger partial charge is 0.467 e. The number of hydrogen-bond donors (Lipinski definition) is 0. The fourth-order valence-corrected chi connectivity index (χ4v) is 2.68. The van der Waals surface area contributed by atoms with E-state index in [0.29, 0.717) is 6.61 Å². The molecule has 0 unspecified atom stereocenters. The predicted octanol–water partition coefficient (Wildman–Crippen LogP) is 2.64. The van der Waals surface area contributed by atoms with Crippen LogP contribution in [-0.2, 0) is 21.7 Å². The van der Waals surface area contributed by atoms with Crippen LogP contribution in [0.4, 0.5) is 0 Å². The van der Waals surface area contributed by atoms with Crippen LogP contribution >= 0.6 is 15.9 Å². The second-order valence-corrected chi connectivity index (χ2v) is 5.20. The number of aliphatic imine (C=N–C) groups is 1. The molecule has 88 valence electrons. The summed E-state index contributed by atoms with van der Waals surface area (Å²) >= 11 is 3.46. The van der Waals surface area contributed by atoms with Gasteiger partial charge in [0, 0.05) is 15.6 Å². The number of hydrogen-bond acceptors (Lipinski definition) is 4. The molecule has 0 aromatic heterocycles. The van der Waals surface area contributed by atoms with Crippen LogP contribution in [0.15, 0.2) is 21.6 Å². The average Bonchev–Trinajstić information content (AvgIpc) is 3.09. The molecule has 1 aromatic carbocycles. The highest BCUT2D eigenvalue weighted by atomic mass is 79.9. The molecule has 17 heavy (non-hydrogen) atoms. The predicted molar refractivity (Wildman–Crippen MR) is 63.5 cm³/mol. The third kappa shape index (κ3) is 1.80. The molecule has 1 aromatic rings. The summed E-state index contributed by atoms with van der Waals surface area (Å²) < 4.78 is 11.7. The Bertz CT molecular complexity index is 519. The molecule has 0 saturated heterocycles. The maximum Gasteiger partial charge on any atom is 0.235 e. The van der Waals surface area contributed by atoms with Gasteiger partial charge in [-0.15, -0.1) is 0 Å². The molecule has 0 radical (unpaired) electrons. The number of isocyanates is 1. The van der Waals surface area contributed by atoms with E-state index in [1.54, 1.807) is 6.08 Å². The van der Waals surface area contributed by atoms with E-state index in [-0.39, 0.29) is 6.79 Å². The molecule has 3 rings (SSSR count). The number of rotatable bonds is 2. The molecule has 2 aliphatic rings. The van der Waals surface area contributed by atoms with Crippen molar-refractivity contribution in [3.63, 3.8) is 0 Å². The van der Waals surface area contributed by atoms with Crippen LogP contribution < -0.4 is 4.74 Å². The summed E-state index contributed by atoms with van der Waals surface area (Å²) in [5.41, 5.74) is 1.55. The van der Waals surface area contributed by atoms with Crippen molar-refractivity contribution >= 4 is 22.0 Å². The second-order valence-electron chi connectivity index (χ2n) is 4.29. The molecule has 1 aliphatic carbocycles. The lowest BCUT2D eigenvalue weighted by atomic mass is 10.0. The molecule has 1 heterocycles. The quantitative estimate of drug-likeness (QED) is 0.622. The van der Waals surface area contributed by atoms with E-state index >= 15 is 0 Å². The first-order valence-electron chi connectivity index (χ1n) is 5.38. The van der Waals surface area contributed by atoms with Crippen molar-refractivity contribution in [3.8, 4) is 5.75 Å². The zero-order valence-electron chi connectivity index (χ0n) is 9.03. The van der Waals surface area contributed by atoms with Crippen LogP contribution in [-0.4, -0.2) is 12.9 Å². The van der Waals surface area contributed by atoms with Crippen molar-refractivity contribution in [1.82, 2.24) is 0 Å². The number of ether oxygens (including phenoxy) is 2. The van der Waals surface area contributed by atoms with Crippen molar-refractivity contribution in [3.05, 3.63) is 27.7 Å². The van der Waals surface area contributed by atoms with Crippen LogP contribution in [0.1, 0.15) is 24.0 Å². The van der Waals surface area contributed by atoms with Gasteiger partial charge in [-0.2, -0.15) is 4.99 Å². The van der Waals surface area contributed by atoms with E-state index in [2.05, 4.69) is 20.9 Å². The van der Waals surface area contributed by atoms with Gasteiger partial charge in [-0.3, -0.25) is 0 Å². The minimum atomic E-state index is -0.410. The van der Waals surface area contributed by atoms with Crippen molar-refractivity contribution in [2.45, 2.75) is 25.0 Å². The highest BCUT2D eigenvalue weighted by Crippen LogP contribution is 2.54. The van der Waals surface area contributed by atoms with E-state index in [4.69, 9.17) is 9.47 Å². The van der Waals surface area contributed by atoms with Crippen LogP contribution in [0.2, 0.25) is 0 Å². The first-order chi connectivity index (χ1) is 8.25. The molecule has 0 amide bonds. The molecule has 4 nitrogen and oxygen atoms in total. The van der Waals surface area contributed by atoms with Gasteiger partial charge in [0.05, 0.1) is 6.61 Å². The fourth-order valence-electron chi connectivity index (χ4n) is 2.17. The van der Waals surface area contributed by atoms with E-state index in [1.165, 1.54) is 0 Å². The molecule has 1 saturated carbocycles. The van der Waals surface area contributed by atoms with E-state index < -0.39 is 5.54 Å². The molecule has 1 aliphatic heterocycles. The van der Waals surface area contributed by atoms with Gasteiger partial charge in [0.25, 0.3) is 0 Å². The standard InChI is InChI=1S/C12H10BrNO3/c13-9-3-8-5-16-7-17-11(8)10(4-9)12(1-2-12)14-6-15/h3-4H,1-2,5,7H2. The average molecular weight is 296 g/mol. The number of benzene rings is 1. The molecule has 0 bridgehead atoms. The molecule has 0 N–H and O–H groups in total. The Kier molecular flexibility index (Phi) is 2.54. The Morgan fingerprint density at radius 3 is 2.94 bits per heavy atom. The summed E-state index contributed by atoms with van der Waals surface area (Å²) in [5.74, 6) is 0.816. The van der Waals surface area contributed by atoms with Crippen molar-refractivity contribution in [2.75, 3.05) is 6.79 Å². The Hall–Kier alpha value is -1.16.